The molecule has 4 nitrogen and oxygen atoms in total. The molecule has 20 heavy (non-hydrogen) atoms. The molecule has 1 N–H and O–H groups in total. The van der Waals surface area contributed by atoms with Crippen molar-refractivity contribution in [2.75, 3.05) is 0 Å². The minimum Gasteiger partial charge on any atom is -0.478 e. The summed E-state index contributed by atoms with van der Waals surface area (Å²) in [4.78, 5) is 10.5. The fourth-order valence-electron chi connectivity index (χ4n) is 1.30. The Bertz CT molecular complexity index is 516. The lowest BCUT2D eigenvalue weighted by Crippen LogP contribution is -2.38. The molecule has 0 radical (unpaired) electrons. The number of hydrogen-bond donors (Lipinski definition) is 1. The predicted molar refractivity (Wildman–Crippen MR) is 45.2 cm³/mol. The standard InChI is InChI=1S/C8H4F8N2O2/c9-6(10,11)2-18-4(3(1-17-18)5(19)20)7(12,13)8(14,15)16/h1H,2H2,(H,19,20). The van der Waals surface area contributed by atoms with Crippen molar-refractivity contribution >= 4 is 5.97 Å². The predicted octanol–water partition coefficient (Wildman–Crippen LogP) is 2.80. The summed E-state index contributed by atoms with van der Waals surface area (Å²) in [5, 5.41) is 11.1. The van der Waals surface area contributed by atoms with E-state index in [1.165, 1.54) is 0 Å². The molecule has 0 bridgehead atoms. The van der Waals surface area contributed by atoms with Crippen LogP contribution in [-0.4, -0.2) is 33.2 Å². The van der Waals surface area contributed by atoms with Crippen LogP contribution >= 0.6 is 0 Å². The fraction of sp³-hybridized carbons (Fsp3) is 0.500. The molecule has 0 saturated heterocycles. The highest BCUT2D eigenvalue weighted by atomic mass is 19.4. The summed E-state index contributed by atoms with van der Waals surface area (Å²) < 4.78 is 98.4. The maximum atomic E-state index is 13.1. The second-order valence-corrected chi connectivity index (χ2v) is 3.56. The van der Waals surface area contributed by atoms with Gasteiger partial charge in [-0.25, -0.2) is 4.79 Å². The topological polar surface area (TPSA) is 55.1 Å². The minimum atomic E-state index is -6.26. The van der Waals surface area contributed by atoms with E-state index in [4.69, 9.17) is 5.11 Å². The molecule has 0 atom stereocenters. The normalized spacial score (nSPS) is 13.6. The summed E-state index contributed by atoms with van der Waals surface area (Å²) in [6.07, 6.45) is -11.4. The van der Waals surface area contributed by atoms with Gasteiger partial charge in [0.1, 0.15) is 17.8 Å². The lowest BCUT2D eigenvalue weighted by atomic mass is 10.1. The highest BCUT2D eigenvalue weighted by Crippen LogP contribution is 2.45. The number of rotatable bonds is 3. The van der Waals surface area contributed by atoms with E-state index in [0.717, 1.165) is 0 Å². The molecule has 0 aromatic carbocycles. The van der Waals surface area contributed by atoms with Crippen LogP contribution in [-0.2, 0) is 12.5 Å². The number of carboxylic acid groups (broad SMARTS) is 1. The molecule has 0 amide bonds. The highest BCUT2D eigenvalue weighted by molar-refractivity contribution is 5.89. The van der Waals surface area contributed by atoms with Crippen molar-refractivity contribution in [1.29, 1.82) is 0 Å². The van der Waals surface area contributed by atoms with Crippen LogP contribution in [0.1, 0.15) is 16.1 Å². The Balaban J connectivity index is 3.48. The third-order valence-electron chi connectivity index (χ3n) is 2.05. The first-order valence-corrected chi connectivity index (χ1v) is 4.58. The summed E-state index contributed by atoms with van der Waals surface area (Å²) in [6.45, 7) is -2.28. The van der Waals surface area contributed by atoms with Gasteiger partial charge in [0, 0.05) is 0 Å². The zero-order valence-electron chi connectivity index (χ0n) is 9.06. The number of halogens is 8. The lowest BCUT2D eigenvalue weighted by Gasteiger charge is -2.21. The maximum Gasteiger partial charge on any atom is 0.459 e. The van der Waals surface area contributed by atoms with Gasteiger partial charge in [0.25, 0.3) is 0 Å². The van der Waals surface area contributed by atoms with Crippen LogP contribution in [0.3, 0.4) is 0 Å². The van der Waals surface area contributed by atoms with Gasteiger partial charge in [-0.15, -0.1) is 0 Å². The molecule has 1 rings (SSSR count). The summed E-state index contributed by atoms with van der Waals surface area (Å²) in [5.74, 6) is -8.04. The number of aromatic carboxylic acids is 1. The van der Waals surface area contributed by atoms with Crippen LogP contribution in [0, 0.1) is 0 Å². The smallest absolute Gasteiger partial charge is 0.459 e. The molecular weight excluding hydrogens is 308 g/mol. The molecule has 0 spiro atoms. The number of aromatic nitrogens is 2. The van der Waals surface area contributed by atoms with Crippen LogP contribution < -0.4 is 0 Å². The molecule has 0 aliphatic heterocycles. The van der Waals surface area contributed by atoms with E-state index < -0.39 is 46.7 Å². The quantitative estimate of drug-likeness (QED) is 0.873. The van der Waals surface area contributed by atoms with Gasteiger partial charge < -0.3 is 5.11 Å². The van der Waals surface area contributed by atoms with Crippen molar-refractivity contribution in [2.45, 2.75) is 24.8 Å². The first-order valence-electron chi connectivity index (χ1n) is 4.58. The van der Waals surface area contributed by atoms with Crippen molar-refractivity contribution in [1.82, 2.24) is 9.78 Å². The molecule has 0 unspecified atom stereocenters. The molecular formula is C8H4F8N2O2. The van der Waals surface area contributed by atoms with Gasteiger partial charge >= 0.3 is 24.2 Å². The molecule has 1 aromatic rings. The lowest BCUT2D eigenvalue weighted by molar-refractivity contribution is -0.293. The SMILES string of the molecule is O=C(O)c1cnn(CC(F)(F)F)c1C(F)(F)C(F)(F)F. The minimum absolute atomic E-state index is 0.00303. The Morgan fingerprint density at radius 1 is 1.15 bits per heavy atom. The van der Waals surface area contributed by atoms with E-state index in [2.05, 4.69) is 5.10 Å². The Morgan fingerprint density at radius 3 is 2.00 bits per heavy atom. The largest absolute Gasteiger partial charge is 0.478 e. The maximum absolute atomic E-state index is 13.1. The molecule has 114 valence electrons. The van der Waals surface area contributed by atoms with Gasteiger partial charge in [0.15, 0.2) is 0 Å². The van der Waals surface area contributed by atoms with Crippen LogP contribution in [0.2, 0.25) is 0 Å². The molecule has 1 aromatic heterocycles. The number of alkyl halides is 8. The van der Waals surface area contributed by atoms with E-state index >= 15 is 0 Å². The van der Waals surface area contributed by atoms with Crippen LogP contribution in [0.5, 0.6) is 0 Å². The van der Waals surface area contributed by atoms with E-state index in [0.29, 0.717) is 0 Å². The fourth-order valence-corrected chi connectivity index (χ4v) is 1.30. The van der Waals surface area contributed by atoms with Gasteiger partial charge in [-0.05, 0) is 0 Å². The third-order valence-corrected chi connectivity index (χ3v) is 2.05. The zero-order valence-corrected chi connectivity index (χ0v) is 9.06. The van der Waals surface area contributed by atoms with Gasteiger partial charge in [-0.3, -0.25) is 4.68 Å². The number of carboxylic acids is 1. The van der Waals surface area contributed by atoms with Crippen molar-refractivity contribution in [3.63, 3.8) is 0 Å². The Kier molecular flexibility index (Phi) is 3.72. The number of nitrogens with zero attached hydrogens (tertiary/aromatic N) is 2. The number of hydrogen-bond acceptors (Lipinski definition) is 2. The van der Waals surface area contributed by atoms with Crippen molar-refractivity contribution < 1.29 is 45.0 Å². The first-order chi connectivity index (χ1) is 8.77. The molecule has 0 fully saturated rings. The van der Waals surface area contributed by atoms with Gasteiger partial charge in [-0.1, -0.05) is 0 Å². The van der Waals surface area contributed by atoms with E-state index in [1.807, 2.05) is 0 Å². The second kappa shape index (κ2) is 4.59. The molecule has 1 heterocycles. The van der Waals surface area contributed by atoms with E-state index in [-0.39, 0.29) is 6.20 Å². The van der Waals surface area contributed by atoms with Gasteiger partial charge in [0.2, 0.25) is 0 Å². The Labute approximate surface area is 104 Å². The average Bonchev–Trinajstić information content (AvgIpc) is 2.57. The average molecular weight is 312 g/mol. The second-order valence-electron chi connectivity index (χ2n) is 3.56. The summed E-state index contributed by atoms with van der Waals surface area (Å²) in [6, 6.07) is 0. The summed E-state index contributed by atoms with van der Waals surface area (Å²) in [5.41, 5.74) is -4.02. The zero-order chi connectivity index (χ0) is 15.9. The number of carbonyl (C=O) groups is 1. The highest BCUT2D eigenvalue weighted by Gasteiger charge is 2.62. The first kappa shape index (κ1) is 16.2. The Morgan fingerprint density at radius 2 is 1.65 bits per heavy atom. The van der Waals surface area contributed by atoms with Crippen molar-refractivity contribution in [3.05, 3.63) is 17.5 Å². The van der Waals surface area contributed by atoms with Gasteiger partial charge in [0.05, 0.1) is 6.20 Å². The molecule has 12 heteroatoms. The Hall–Kier alpha value is -1.88. The molecule has 0 saturated carbocycles. The monoisotopic (exact) mass is 312 g/mol. The molecule has 0 aliphatic carbocycles. The van der Waals surface area contributed by atoms with Crippen LogP contribution in [0.15, 0.2) is 6.20 Å². The summed E-state index contributed by atoms with van der Waals surface area (Å²) in [7, 11) is 0. The van der Waals surface area contributed by atoms with Crippen molar-refractivity contribution in [3.8, 4) is 0 Å². The summed E-state index contributed by atoms with van der Waals surface area (Å²) >= 11 is 0. The van der Waals surface area contributed by atoms with Crippen LogP contribution in [0.4, 0.5) is 35.1 Å². The molecule has 0 aliphatic rings. The third kappa shape index (κ3) is 2.99. The van der Waals surface area contributed by atoms with Crippen LogP contribution in [0.25, 0.3) is 0 Å². The van der Waals surface area contributed by atoms with E-state index in [9.17, 15) is 39.9 Å². The van der Waals surface area contributed by atoms with Gasteiger partial charge in [-0.2, -0.15) is 40.2 Å². The van der Waals surface area contributed by atoms with E-state index in [1.54, 1.807) is 0 Å². The van der Waals surface area contributed by atoms with Crippen molar-refractivity contribution in [2.24, 2.45) is 0 Å².